The normalized spacial score (nSPS) is 12.1. The van der Waals surface area contributed by atoms with Crippen LogP contribution in [0.25, 0.3) is 22.6 Å². The lowest BCUT2D eigenvalue weighted by Gasteiger charge is -2.21. The number of benzene rings is 1. The third kappa shape index (κ3) is 7.26. The number of hydrogen-bond donors (Lipinski definition) is 0. The molecule has 182 valence electrons. The fraction of sp³-hybridized carbons (Fsp3) is 0.423. The van der Waals surface area contributed by atoms with Crippen LogP contribution >= 0.6 is 11.6 Å². The third-order valence-corrected chi connectivity index (χ3v) is 7.58. The second-order valence-electron chi connectivity index (χ2n) is 10.4. The lowest BCUT2D eigenvalue weighted by molar-refractivity contribution is -0.126. The molecule has 0 amide bonds. The fourth-order valence-corrected chi connectivity index (χ4v) is 3.99. The van der Waals surface area contributed by atoms with Gasteiger partial charge in [-0.25, -0.2) is 4.98 Å². The lowest BCUT2D eigenvalue weighted by atomic mass is 9.90. The molecule has 0 radical (unpaired) electrons. The van der Waals surface area contributed by atoms with Crippen LogP contribution in [0, 0.1) is 5.41 Å². The van der Waals surface area contributed by atoms with Crippen LogP contribution in [0.4, 0.5) is 0 Å². The molecule has 0 aliphatic rings. The molecule has 8 heteroatoms. The van der Waals surface area contributed by atoms with E-state index in [1.807, 2.05) is 54.8 Å². The van der Waals surface area contributed by atoms with Gasteiger partial charge < -0.3 is 14.0 Å². The quantitative estimate of drug-likeness (QED) is 0.220. The summed E-state index contributed by atoms with van der Waals surface area (Å²) in [6, 6.07) is 12.8. The predicted octanol–water partition coefficient (Wildman–Crippen LogP) is 6.57. The maximum Gasteiger partial charge on any atom is 0.147 e. The first kappa shape index (κ1) is 26.1. The average Bonchev–Trinajstić information content (AvgIpc) is 3.15. The monoisotopic (exact) mass is 499 g/mol. The van der Waals surface area contributed by atoms with Crippen LogP contribution in [0.3, 0.4) is 0 Å². The van der Waals surface area contributed by atoms with Crippen LogP contribution in [0.15, 0.2) is 48.8 Å². The number of halogens is 1. The maximum atomic E-state index is 11.7. The number of Topliss-reactive ketones (excluding diaryl/α,β-unsaturated/α-hetero) is 1. The molecule has 2 heterocycles. The Morgan fingerprint density at radius 2 is 1.76 bits per heavy atom. The van der Waals surface area contributed by atoms with Gasteiger partial charge in [0.15, 0.2) is 0 Å². The average molecular weight is 500 g/mol. The highest BCUT2D eigenvalue weighted by Gasteiger charge is 2.24. The highest BCUT2D eigenvalue weighted by molar-refractivity contribution is 6.76. The summed E-state index contributed by atoms with van der Waals surface area (Å²) in [7, 11) is -1.14. The molecule has 0 N–H and O–H groups in total. The number of rotatable bonds is 11. The molecule has 0 aliphatic heterocycles. The van der Waals surface area contributed by atoms with Crippen LogP contribution in [0.2, 0.25) is 30.8 Å². The zero-order valence-corrected chi connectivity index (χ0v) is 22.6. The van der Waals surface area contributed by atoms with Crippen LogP contribution in [-0.2, 0) is 16.3 Å². The second kappa shape index (κ2) is 10.8. The zero-order chi connectivity index (χ0) is 24.9. The van der Waals surface area contributed by atoms with Gasteiger partial charge >= 0.3 is 0 Å². The van der Waals surface area contributed by atoms with Crippen LogP contribution in [0.5, 0.6) is 5.75 Å². The third-order valence-electron chi connectivity index (χ3n) is 5.70. The van der Waals surface area contributed by atoms with Crippen molar-refractivity contribution >= 4 is 25.5 Å². The van der Waals surface area contributed by atoms with E-state index in [9.17, 15) is 4.79 Å². The van der Waals surface area contributed by atoms with E-state index in [2.05, 4.69) is 29.6 Å². The Morgan fingerprint density at radius 1 is 1.09 bits per heavy atom. The Balaban J connectivity index is 1.66. The Morgan fingerprint density at radius 3 is 2.35 bits per heavy atom. The van der Waals surface area contributed by atoms with Gasteiger partial charge in [-0.15, -0.1) is 0 Å². The van der Waals surface area contributed by atoms with Crippen molar-refractivity contribution < 1.29 is 14.3 Å². The summed E-state index contributed by atoms with van der Waals surface area (Å²) in [5, 5.41) is 0.427. The molecule has 0 atom stereocenters. The van der Waals surface area contributed by atoms with E-state index in [1.165, 1.54) is 0 Å². The molecular weight excluding hydrogens is 466 g/mol. The topological polar surface area (TPSA) is 66.2 Å². The molecule has 0 unspecified atom stereocenters. The molecule has 3 aromatic rings. The van der Waals surface area contributed by atoms with Crippen molar-refractivity contribution in [3.05, 3.63) is 53.9 Å². The standard InChI is InChI=1S/C26H34ClN3O3Si/c1-19(31)26(2,3)17-33-22-10-7-20(8-11-22)23-12-9-21(15-28-23)25-29-24(27)16-30(25)18-32-13-14-34(4,5)6/h7-12,15-16H,13-14,17-18H2,1-6H3. The number of hydrogen-bond acceptors (Lipinski definition) is 5. The lowest BCUT2D eigenvalue weighted by Crippen LogP contribution is -2.28. The Labute approximate surface area is 208 Å². The van der Waals surface area contributed by atoms with Crippen molar-refractivity contribution in [3.63, 3.8) is 0 Å². The summed E-state index contributed by atoms with van der Waals surface area (Å²) < 4.78 is 13.6. The highest BCUT2D eigenvalue weighted by Crippen LogP contribution is 2.26. The zero-order valence-electron chi connectivity index (χ0n) is 20.9. The fourth-order valence-electron chi connectivity index (χ4n) is 3.04. The van der Waals surface area contributed by atoms with E-state index in [0.717, 1.165) is 41.0 Å². The Kier molecular flexibility index (Phi) is 8.33. The van der Waals surface area contributed by atoms with Crippen LogP contribution < -0.4 is 4.74 Å². The van der Waals surface area contributed by atoms with Gasteiger partial charge in [0.2, 0.25) is 0 Å². The van der Waals surface area contributed by atoms with E-state index >= 15 is 0 Å². The second-order valence-corrected chi connectivity index (χ2v) is 16.4. The van der Waals surface area contributed by atoms with Crippen molar-refractivity contribution in [1.82, 2.24) is 14.5 Å². The summed E-state index contributed by atoms with van der Waals surface area (Å²) in [5.74, 6) is 1.56. The van der Waals surface area contributed by atoms with Gasteiger partial charge in [-0.2, -0.15) is 0 Å². The molecule has 2 aromatic heterocycles. The molecule has 0 bridgehead atoms. The van der Waals surface area contributed by atoms with Crippen molar-refractivity contribution in [2.24, 2.45) is 5.41 Å². The molecule has 0 fully saturated rings. The van der Waals surface area contributed by atoms with Gasteiger partial charge in [0, 0.05) is 38.2 Å². The number of imidazole rings is 1. The Bertz CT molecular complexity index is 1100. The first-order chi connectivity index (χ1) is 15.9. The largest absolute Gasteiger partial charge is 0.493 e. The molecule has 0 saturated carbocycles. The van der Waals surface area contributed by atoms with Gasteiger partial charge in [-0.1, -0.05) is 31.2 Å². The molecule has 0 aliphatic carbocycles. The van der Waals surface area contributed by atoms with Gasteiger partial charge in [-0.3, -0.25) is 9.78 Å². The predicted molar refractivity (Wildman–Crippen MR) is 140 cm³/mol. The summed E-state index contributed by atoms with van der Waals surface area (Å²) in [5.41, 5.74) is 2.18. The van der Waals surface area contributed by atoms with Crippen molar-refractivity contribution in [3.8, 4) is 28.4 Å². The van der Waals surface area contributed by atoms with Crippen molar-refractivity contribution in [1.29, 1.82) is 0 Å². The van der Waals surface area contributed by atoms with E-state index in [4.69, 9.17) is 21.1 Å². The molecule has 0 saturated heterocycles. The van der Waals surface area contributed by atoms with Gasteiger partial charge in [0.25, 0.3) is 0 Å². The van der Waals surface area contributed by atoms with Gasteiger partial charge in [0.1, 0.15) is 35.8 Å². The minimum absolute atomic E-state index is 0.105. The number of ketones is 1. The molecule has 1 aromatic carbocycles. The number of nitrogens with zero attached hydrogens (tertiary/aromatic N) is 3. The van der Waals surface area contributed by atoms with E-state index in [-0.39, 0.29) is 5.78 Å². The number of ether oxygens (including phenoxy) is 2. The summed E-state index contributed by atoms with van der Waals surface area (Å²) in [6.45, 7) is 13.8. The maximum absolute atomic E-state index is 11.7. The molecule has 34 heavy (non-hydrogen) atoms. The number of aromatic nitrogens is 3. The van der Waals surface area contributed by atoms with Crippen LogP contribution in [0.1, 0.15) is 20.8 Å². The first-order valence-electron chi connectivity index (χ1n) is 11.5. The molecule has 6 nitrogen and oxygen atoms in total. The van der Waals surface area contributed by atoms with Gasteiger partial charge in [0.05, 0.1) is 11.1 Å². The van der Waals surface area contributed by atoms with E-state index < -0.39 is 13.5 Å². The minimum atomic E-state index is -1.14. The SMILES string of the molecule is CC(=O)C(C)(C)COc1ccc(-c2ccc(-c3nc(Cl)cn3COCC[Si](C)(C)C)cn2)cc1. The van der Waals surface area contributed by atoms with Crippen molar-refractivity contribution in [2.75, 3.05) is 13.2 Å². The molecular formula is C26H34ClN3O3Si. The summed E-state index contributed by atoms with van der Waals surface area (Å²) >= 11 is 6.18. The summed E-state index contributed by atoms with van der Waals surface area (Å²) in [4.78, 5) is 20.7. The number of pyridine rings is 1. The highest BCUT2D eigenvalue weighted by atomic mass is 35.5. The van der Waals surface area contributed by atoms with Crippen LogP contribution in [-0.4, -0.2) is 41.6 Å². The number of carbonyl (C=O) groups excluding carboxylic acids is 1. The molecule has 0 spiro atoms. The number of carbonyl (C=O) groups is 1. The van der Waals surface area contributed by atoms with Gasteiger partial charge in [-0.05, 0) is 63.2 Å². The van der Waals surface area contributed by atoms with E-state index in [0.29, 0.717) is 18.5 Å². The minimum Gasteiger partial charge on any atom is -0.493 e. The van der Waals surface area contributed by atoms with Crippen molar-refractivity contribution in [2.45, 2.75) is 53.2 Å². The summed E-state index contributed by atoms with van der Waals surface area (Å²) in [6.07, 6.45) is 3.58. The first-order valence-corrected chi connectivity index (χ1v) is 15.5. The van der Waals surface area contributed by atoms with E-state index in [1.54, 1.807) is 19.3 Å². The molecule has 3 rings (SSSR count). The smallest absolute Gasteiger partial charge is 0.147 e. The Hall–Kier alpha value is -2.48.